The van der Waals surface area contributed by atoms with Gasteiger partial charge in [0.15, 0.2) is 17.2 Å². The summed E-state index contributed by atoms with van der Waals surface area (Å²) in [4.78, 5) is 41.0. The Morgan fingerprint density at radius 2 is 1.65 bits per heavy atom. The summed E-state index contributed by atoms with van der Waals surface area (Å²) in [5.74, 6) is -0.965. The number of carbonyl (C=O) groups is 3. The lowest BCUT2D eigenvalue weighted by Gasteiger charge is -2.26. The average Bonchev–Trinajstić information content (AvgIpc) is 3.24. The molecule has 0 spiro atoms. The highest BCUT2D eigenvalue weighted by atomic mass is 79.9. The Morgan fingerprint density at radius 3 is 2.21 bits per heavy atom. The van der Waals surface area contributed by atoms with E-state index in [0.29, 0.717) is 21.6 Å². The molecular formula is C33H41BrN2O6S. The highest BCUT2D eigenvalue weighted by molar-refractivity contribution is 9.10. The molecule has 0 saturated heterocycles. The van der Waals surface area contributed by atoms with E-state index in [1.165, 1.54) is 24.0 Å². The maximum absolute atomic E-state index is 13.4. The van der Waals surface area contributed by atoms with Crippen LogP contribution in [0.25, 0.3) is 10.4 Å². The third-order valence-electron chi connectivity index (χ3n) is 6.17. The zero-order valence-corrected chi connectivity index (χ0v) is 28.7. The molecule has 8 nitrogen and oxygen atoms in total. The number of urea groups is 1. The van der Waals surface area contributed by atoms with Crippen molar-refractivity contribution in [3.8, 4) is 16.2 Å². The van der Waals surface area contributed by atoms with Gasteiger partial charge in [-0.3, -0.25) is 4.90 Å². The van der Waals surface area contributed by atoms with E-state index in [9.17, 15) is 14.4 Å². The monoisotopic (exact) mass is 672 g/mol. The SMILES string of the molecule is COC(=O)c1sc(-c2cccc(N(Cc3ccc(C(C)(C)C)cc3)C(=O)NC(C)C)c2)c(Br)c1OCC(=O)OC(C)(C)C. The summed E-state index contributed by atoms with van der Waals surface area (Å²) in [6.45, 7) is 15.6. The van der Waals surface area contributed by atoms with Crippen molar-refractivity contribution in [2.24, 2.45) is 0 Å². The molecule has 1 N–H and O–H groups in total. The van der Waals surface area contributed by atoms with Gasteiger partial charge in [0.05, 0.1) is 23.0 Å². The summed E-state index contributed by atoms with van der Waals surface area (Å²) in [7, 11) is 1.28. The topological polar surface area (TPSA) is 94.2 Å². The van der Waals surface area contributed by atoms with Crippen LogP contribution in [0.5, 0.6) is 5.75 Å². The predicted octanol–water partition coefficient (Wildman–Crippen LogP) is 8.11. The molecule has 0 atom stereocenters. The molecule has 0 bridgehead atoms. The van der Waals surface area contributed by atoms with Crippen LogP contribution in [0, 0.1) is 0 Å². The highest BCUT2D eigenvalue weighted by Crippen LogP contribution is 2.46. The van der Waals surface area contributed by atoms with Crippen LogP contribution in [0.1, 0.15) is 76.2 Å². The molecule has 0 saturated carbocycles. The minimum Gasteiger partial charge on any atom is -0.479 e. The molecule has 0 aliphatic heterocycles. The molecule has 2 amide bonds. The number of methoxy groups -OCH3 is 1. The highest BCUT2D eigenvalue weighted by Gasteiger charge is 2.27. The molecule has 1 aromatic heterocycles. The lowest BCUT2D eigenvalue weighted by atomic mass is 9.87. The molecule has 0 radical (unpaired) electrons. The fraction of sp³-hybridized carbons (Fsp3) is 0.424. The zero-order valence-electron chi connectivity index (χ0n) is 26.3. The Bertz CT molecular complexity index is 1450. The zero-order chi connectivity index (χ0) is 32.1. The number of carbonyl (C=O) groups excluding carboxylic acids is 3. The van der Waals surface area contributed by atoms with Crippen LogP contribution in [0.4, 0.5) is 10.5 Å². The summed E-state index contributed by atoms with van der Waals surface area (Å²) < 4.78 is 16.6. The molecule has 10 heteroatoms. The van der Waals surface area contributed by atoms with Crippen molar-refractivity contribution in [1.29, 1.82) is 0 Å². The summed E-state index contributed by atoms with van der Waals surface area (Å²) in [6, 6.07) is 15.5. The molecular weight excluding hydrogens is 632 g/mol. The molecule has 0 aliphatic rings. The first kappa shape index (κ1) is 34.1. The molecule has 3 aromatic rings. The van der Waals surface area contributed by atoms with Gasteiger partial charge in [-0.1, -0.05) is 57.2 Å². The number of anilines is 1. The molecule has 0 aliphatic carbocycles. The van der Waals surface area contributed by atoms with Gasteiger partial charge < -0.3 is 19.5 Å². The smallest absolute Gasteiger partial charge is 0.351 e. The van der Waals surface area contributed by atoms with Crippen molar-refractivity contribution in [3.05, 3.63) is 69.0 Å². The van der Waals surface area contributed by atoms with E-state index < -0.39 is 17.5 Å². The number of hydrogen-bond donors (Lipinski definition) is 1. The second kappa shape index (κ2) is 13.9. The van der Waals surface area contributed by atoms with Gasteiger partial charge in [-0.15, -0.1) is 11.3 Å². The minimum atomic E-state index is -0.675. The van der Waals surface area contributed by atoms with Crippen molar-refractivity contribution in [2.75, 3.05) is 18.6 Å². The third kappa shape index (κ3) is 9.31. The molecule has 0 unspecified atom stereocenters. The van der Waals surface area contributed by atoms with Crippen molar-refractivity contribution in [2.45, 2.75) is 79.0 Å². The summed E-state index contributed by atoms with van der Waals surface area (Å²) in [6.07, 6.45) is 0. The molecule has 1 heterocycles. The maximum Gasteiger partial charge on any atom is 0.351 e. The molecule has 3 rings (SSSR count). The first-order valence-corrected chi connectivity index (χ1v) is 15.6. The van der Waals surface area contributed by atoms with Crippen molar-refractivity contribution < 1.29 is 28.6 Å². The van der Waals surface area contributed by atoms with E-state index in [0.717, 1.165) is 11.1 Å². The van der Waals surface area contributed by atoms with Crippen molar-refractivity contribution >= 4 is 50.9 Å². The standard InChI is InChI=1S/C33H41BrN2O6S/c1-20(2)35-31(39)36(18-21-13-15-23(16-14-21)32(3,4)5)24-12-10-11-22(17-24)28-26(34)27(29(43-28)30(38)40-9)41-19-25(37)42-33(6,7)8/h10-17,20H,18-19H2,1-9H3,(H,35,39). The third-order valence-corrected chi connectivity index (χ3v) is 8.39. The number of rotatable bonds is 9. The number of nitrogens with zero attached hydrogens (tertiary/aromatic N) is 1. The van der Waals surface area contributed by atoms with Crippen LogP contribution >= 0.6 is 27.3 Å². The number of benzene rings is 2. The molecule has 2 aromatic carbocycles. The normalized spacial score (nSPS) is 11.7. The van der Waals surface area contributed by atoms with Crippen LogP contribution in [-0.4, -0.2) is 43.3 Å². The Balaban J connectivity index is 2.00. The maximum atomic E-state index is 13.4. The Labute approximate surface area is 266 Å². The van der Waals surface area contributed by atoms with Gasteiger partial charge in [0.1, 0.15) is 5.60 Å². The first-order valence-electron chi connectivity index (χ1n) is 14.0. The van der Waals surface area contributed by atoms with E-state index in [1.54, 1.807) is 25.7 Å². The van der Waals surface area contributed by atoms with Gasteiger partial charge in [-0.05, 0) is 84.8 Å². The van der Waals surface area contributed by atoms with Crippen LogP contribution in [-0.2, 0) is 26.2 Å². The lowest BCUT2D eigenvalue weighted by Crippen LogP contribution is -2.42. The summed E-state index contributed by atoms with van der Waals surface area (Å²) in [5, 5.41) is 3.00. The van der Waals surface area contributed by atoms with Gasteiger partial charge in [0.2, 0.25) is 0 Å². The summed E-state index contributed by atoms with van der Waals surface area (Å²) >= 11 is 4.75. The Hall–Kier alpha value is -3.37. The quantitative estimate of drug-likeness (QED) is 0.231. The Kier molecular flexibility index (Phi) is 11.1. The van der Waals surface area contributed by atoms with E-state index >= 15 is 0 Å². The van der Waals surface area contributed by atoms with Crippen molar-refractivity contribution in [3.63, 3.8) is 0 Å². The van der Waals surface area contributed by atoms with Crippen LogP contribution in [0.3, 0.4) is 0 Å². The largest absolute Gasteiger partial charge is 0.479 e. The van der Waals surface area contributed by atoms with Crippen LogP contribution in [0.15, 0.2) is 53.0 Å². The molecule has 232 valence electrons. The minimum absolute atomic E-state index is 0.0220. The van der Waals surface area contributed by atoms with E-state index in [4.69, 9.17) is 14.2 Å². The number of nitrogens with one attached hydrogen (secondary N) is 1. The van der Waals surface area contributed by atoms with Crippen molar-refractivity contribution in [1.82, 2.24) is 5.32 Å². The number of halogens is 1. The molecule has 0 fully saturated rings. The first-order chi connectivity index (χ1) is 20.0. The fourth-order valence-electron chi connectivity index (χ4n) is 4.15. The number of ether oxygens (including phenoxy) is 3. The van der Waals surface area contributed by atoms with Crippen LogP contribution in [0.2, 0.25) is 0 Å². The van der Waals surface area contributed by atoms with Gasteiger partial charge in [-0.2, -0.15) is 0 Å². The Morgan fingerprint density at radius 1 is 1.00 bits per heavy atom. The van der Waals surface area contributed by atoms with E-state index in [1.807, 2.05) is 50.2 Å². The number of hydrogen-bond acceptors (Lipinski definition) is 7. The number of thiophene rings is 1. The van der Waals surface area contributed by atoms with Gasteiger partial charge in [-0.25, -0.2) is 14.4 Å². The number of amides is 2. The summed E-state index contributed by atoms with van der Waals surface area (Å²) in [5.41, 5.74) is 2.97. The van der Waals surface area contributed by atoms with E-state index in [2.05, 4.69) is 54.2 Å². The lowest BCUT2D eigenvalue weighted by molar-refractivity contribution is -0.157. The van der Waals surface area contributed by atoms with E-state index in [-0.39, 0.29) is 34.7 Å². The van der Waals surface area contributed by atoms with Crippen LogP contribution < -0.4 is 15.0 Å². The second-order valence-corrected chi connectivity index (χ2v) is 14.3. The predicted molar refractivity (Wildman–Crippen MR) is 175 cm³/mol. The average molecular weight is 674 g/mol. The van der Waals surface area contributed by atoms with Gasteiger partial charge >= 0.3 is 18.0 Å². The van der Waals surface area contributed by atoms with Gasteiger partial charge in [0, 0.05) is 11.7 Å². The second-order valence-electron chi connectivity index (χ2n) is 12.5. The fourth-order valence-corrected chi connectivity index (χ4v) is 6.12. The molecule has 43 heavy (non-hydrogen) atoms. The van der Waals surface area contributed by atoms with Gasteiger partial charge in [0.25, 0.3) is 0 Å². The number of esters is 2.